The molecule has 0 aromatic heterocycles. The zero-order valence-electron chi connectivity index (χ0n) is 48.6. The monoisotopic (exact) mass is 1380 g/mol. The van der Waals surface area contributed by atoms with Gasteiger partial charge in [0.15, 0.2) is 55.4 Å². The van der Waals surface area contributed by atoms with E-state index in [0.717, 1.165) is 36.4 Å². The van der Waals surface area contributed by atoms with E-state index in [-0.39, 0.29) is 22.3 Å². The van der Waals surface area contributed by atoms with Gasteiger partial charge >= 0.3 is 0 Å². The van der Waals surface area contributed by atoms with Crippen molar-refractivity contribution in [3.05, 3.63) is 95.1 Å². The third-order valence-electron chi connectivity index (χ3n) is 17.3. The van der Waals surface area contributed by atoms with Gasteiger partial charge in [0.25, 0.3) is 20.2 Å². The van der Waals surface area contributed by atoms with Gasteiger partial charge in [0.1, 0.15) is 140 Å². The molecule has 16 saturated heterocycles. The Hall–Kier alpha value is -4.30. The minimum absolute atomic E-state index is 0.129. The molecule has 3 aromatic carbocycles. The number of aliphatic hydroxyl groups is 16. The zero-order valence-corrected chi connectivity index (χ0v) is 50.3. The van der Waals surface area contributed by atoms with Gasteiger partial charge in [0.2, 0.25) is 0 Å². The molecule has 16 fully saturated rings. The number of aliphatic hydroxyl groups excluding tert-OH is 16. The Kier molecular flexibility index (Phi) is 21.8. The molecule has 38 heteroatoms. The van der Waals surface area contributed by atoms with Crippen LogP contribution in [0, 0.1) is 0 Å². The van der Waals surface area contributed by atoms with Crippen LogP contribution in [0.5, 0.6) is 0 Å². The van der Waals surface area contributed by atoms with E-state index in [9.17, 15) is 108 Å². The molecule has 94 heavy (non-hydrogen) atoms. The molecule has 0 radical (unpaired) electrons. The highest BCUT2D eigenvalue weighted by molar-refractivity contribution is 7.87. The number of carbonyl (C=O) groups excluding carboxylic acids is 2. The topological polar surface area (TPSA) is 555 Å². The fourth-order valence-electron chi connectivity index (χ4n) is 12.2. The van der Waals surface area contributed by atoms with Gasteiger partial charge in [-0.25, -0.2) is 0 Å². The van der Waals surface area contributed by atoms with Crippen LogP contribution in [-0.2, 0) is 85.4 Å². The molecule has 0 aliphatic carbocycles. The number of rotatable bonds is 6. The smallest absolute Gasteiger partial charge is 0.297 e. The Morgan fingerprint density at radius 2 is 0.543 bits per heavy atom. The highest BCUT2D eigenvalue weighted by Crippen LogP contribution is 2.41. The molecule has 0 unspecified atom stereocenters. The average molecular weight is 1380 g/mol. The summed E-state index contributed by atoms with van der Waals surface area (Å²) >= 11 is 0. The van der Waals surface area contributed by atoms with Gasteiger partial charge < -0.3 is 139 Å². The van der Waals surface area contributed by atoms with E-state index in [1.807, 2.05) is 0 Å². The molecule has 23 rings (SSSR count). The standard InChI is InChI=1S/C56H70O36S2/c57-13-25-43-33(65)37(69)51(79-25)86-44-26(14-58)81-53(39(71)34(44)66)88-47-29(17-61)84-56-50(41(47)73)92-94(77,78)24-6-2-4-22(12-24)32(64)20-9-7-19(8-10-20)31(63)21-3-1-5-23(11-21)93(75,76)91-49-42(74)55(87-45-27(15-59)80-52(85-43)38(70)35(45)67)83-30(18-62)48(49)90-54-40(72)36(68)46(89-56)28(16-60)82-54/h1-12,25-30,33-62,65-74H,13-18H2/t25-,26+,27-,28-,29-,30-,33-,34-,35-,36+,37+,38-,39+,40+,41-,42+,43-,44-,45+,46+,47-,48+,49-,50-,51+,52+,53+,54+,55+,56+/m1/s1. The molecule has 522 valence electrons. The van der Waals surface area contributed by atoms with Crippen molar-refractivity contribution in [2.24, 2.45) is 0 Å². The van der Waals surface area contributed by atoms with Crippen LogP contribution in [0.25, 0.3) is 0 Å². The maximum absolute atomic E-state index is 14.6. The highest BCUT2D eigenvalue weighted by atomic mass is 32.2. The van der Waals surface area contributed by atoms with Crippen LogP contribution in [0.1, 0.15) is 31.8 Å². The van der Waals surface area contributed by atoms with E-state index < -0.39 is 265 Å². The Balaban J connectivity index is 1.04. The van der Waals surface area contributed by atoms with Gasteiger partial charge in [-0.1, -0.05) is 48.5 Å². The first-order valence-corrected chi connectivity index (χ1v) is 32.2. The van der Waals surface area contributed by atoms with E-state index in [2.05, 4.69) is 0 Å². The van der Waals surface area contributed by atoms with Crippen LogP contribution in [0.15, 0.2) is 82.6 Å². The minimum atomic E-state index is -5.37. The molecule has 16 N–H and O–H groups in total. The lowest BCUT2D eigenvalue weighted by Gasteiger charge is -2.51. The van der Waals surface area contributed by atoms with E-state index in [0.29, 0.717) is 0 Å². The van der Waals surface area contributed by atoms with Gasteiger partial charge in [-0.15, -0.1) is 0 Å². The molecule has 20 aliphatic rings. The molecule has 0 amide bonds. The van der Waals surface area contributed by atoms with Crippen LogP contribution < -0.4 is 0 Å². The maximum atomic E-state index is 14.6. The molecule has 30 atom stereocenters. The van der Waals surface area contributed by atoms with Crippen LogP contribution in [0.2, 0.25) is 0 Å². The van der Waals surface area contributed by atoms with E-state index in [1.165, 1.54) is 36.4 Å². The first kappa shape index (κ1) is 71.0. The summed E-state index contributed by atoms with van der Waals surface area (Å²) in [7, 11) is -10.7. The first-order valence-electron chi connectivity index (χ1n) is 29.3. The fraction of sp³-hybridized carbons (Fsp3) is 0.643. The zero-order chi connectivity index (χ0) is 67.6. The van der Waals surface area contributed by atoms with Crippen LogP contribution in [0.3, 0.4) is 0 Å². The van der Waals surface area contributed by atoms with Crippen molar-refractivity contribution < 1.29 is 173 Å². The molecule has 3 aromatic rings. The third kappa shape index (κ3) is 13.7. The molecule has 20 aliphatic heterocycles. The van der Waals surface area contributed by atoms with Gasteiger partial charge in [0, 0.05) is 22.3 Å². The van der Waals surface area contributed by atoms with Crippen molar-refractivity contribution in [1.82, 2.24) is 0 Å². The number of benzene rings is 3. The number of carbonyl (C=O) groups is 2. The quantitative estimate of drug-likeness (QED) is 0.102. The summed E-state index contributed by atoms with van der Waals surface area (Å²) in [5.74, 6) is -1.68. The fourth-order valence-corrected chi connectivity index (χ4v) is 14.5. The summed E-state index contributed by atoms with van der Waals surface area (Å²) in [6.45, 7) is -7.16. The van der Waals surface area contributed by atoms with E-state index >= 15 is 0 Å². The second kappa shape index (κ2) is 28.9. The van der Waals surface area contributed by atoms with Crippen molar-refractivity contribution in [2.75, 3.05) is 39.6 Å². The van der Waals surface area contributed by atoms with Crippen molar-refractivity contribution >= 4 is 31.8 Å². The molecule has 36 nitrogen and oxygen atoms in total. The predicted octanol–water partition coefficient (Wildman–Crippen LogP) is -9.45. The summed E-state index contributed by atoms with van der Waals surface area (Å²) < 4.78 is 140. The van der Waals surface area contributed by atoms with Crippen molar-refractivity contribution in [3.63, 3.8) is 0 Å². The van der Waals surface area contributed by atoms with Crippen LogP contribution in [-0.4, -0.2) is 334 Å². The number of hydrogen-bond acceptors (Lipinski definition) is 36. The van der Waals surface area contributed by atoms with Crippen LogP contribution in [0.4, 0.5) is 0 Å². The summed E-state index contributed by atoms with van der Waals surface area (Å²) in [6.07, 6.45) is -66.9. The minimum Gasteiger partial charge on any atom is -0.394 e. The van der Waals surface area contributed by atoms with Gasteiger partial charge in [-0.3, -0.25) is 18.0 Å². The van der Waals surface area contributed by atoms with Crippen molar-refractivity contribution in [1.29, 1.82) is 0 Å². The van der Waals surface area contributed by atoms with E-state index in [1.54, 1.807) is 0 Å². The Bertz CT molecular complexity index is 3340. The van der Waals surface area contributed by atoms with Gasteiger partial charge in [0.05, 0.1) is 49.4 Å². The summed E-state index contributed by atoms with van der Waals surface area (Å²) in [4.78, 5) is 26.6. The normalized spacial score (nSPS) is 44.4. The van der Waals surface area contributed by atoms with Crippen molar-refractivity contribution in [2.45, 2.75) is 194 Å². The SMILES string of the molecule is O=C1c2ccc(cc2)C(=O)c2cccc(c2)S(=O)(=O)O[C@H]2[C@@H]3O[C@@H]4[C@@H](O)[C@H](O)[C@H](O[C@@H]5[C@H](OS(=O)(=O)c6cccc1c6)[C@H](O)[C@H](O[C@@H]1[C@H](O)[C@@H](O)[C@H](O[C@H]6[C@H](O)[C@H](O)[C@H](O[C@H]7[C@H](O)[C@H](O)[C@H](O[C@@H]([C@H]2O)[C@@H](CO)O3)O[C@H]7CO)O[C@@H]6CO)O[C@@H]1CO)O[C@@H]5CO)O[C@@H]4CO. The lowest BCUT2D eigenvalue weighted by molar-refractivity contribution is -0.402. The lowest BCUT2D eigenvalue weighted by atomic mass is 9.94. The Labute approximate surface area is 532 Å². The Morgan fingerprint density at radius 1 is 0.277 bits per heavy atom. The second-order valence-electron chi connectivity index (χ2n) is 23.2. The maximum Gasteiger partial charge on any atom is 0.297 e. The van der Waals surface area contributed by atoms with E-state index in [4.69, 9.17) is 65.2 Å². The number of ketones is 2. The summed E-state index contributed by atoms with van der Waals surface area (Å²) in [6, 6.07) is 13.0. The summed E-state index contributed by atoms with van der Waals surface area (Å²) in [5, 5.41) is 183. The van der Waals surface area contributed by atoms with Gasteiger partial charge in [-0.2, -0.15) is 16.8 Å². The largest absolute Gasteiger partial charge is 0.394 e. The molecule has 0 spiro atoms. The molecular formula is C56H70O36S2. The average Bonchev–Trinajstić information content (AvgIpc) is 0.771. The van der Waals surface area contributed by atoms with Gasteiger partial charge in [-0.05, 0) is 24.3 Å². The number of ether oxygens (including phenoxy) is 12. The second-order valence-corrected chi connectivity index (χ2v) is 26.3. The first-order chi connectivity index (χ1) is 44.8. The number of hydrogen-bond donors (Lipinski definition) is 16. The molecule has 20 bridgehead atoms. The van der Waals surface area contributed by atoms with Crippen molar-refractivity contribution in [3.8, 4) is 0 Å². The third-order valence-corrected chi connectivity index (χ3v) is 19.9. The van der Waals surface area contributed by atoms with Crippen LogP contribution >= 0.6 is 0 Å². The predicted molar refractivity (Wildman–Crippen MR) is 294 cm³/mol. The highest BCUT2D eigenvalue weighted by Gasteiger charge is 2.60. The Morgan fingerprint density at radius 3 is 0.872 bits per heavy atom. The molecular weight excluding hydrogens is 1310 g/mol. The molecule has 0 saturated carbocycles. The lowest BCUT2D eigenvalue weighted by Crippen LogP contribution is -2.69. The summed E-state index contributed by atoms with van der Waals surface area (Å²) in [5.41, 5.74) is -0.881. The molecule has 20 heterocycles.